The van der Waals surface area contributed by atoms with Crippen LogP contribution in [0.2, 0.25) is 0 Å². The molecular formula is C9H19N3O3. The molecule has 0 aliphatic carbocycles. The van der Waals surface area contributed by atoms with E-state index < -0.39 is 12.1 Å². The van der Waals surface area contributed by atoms with Gasteiger partial charge >= 0.3 is 6.03 Å². The Kier molecular flexibility index (Phi) is 6.44. The number of rotatable bonds is 6. The van der Waals surface area contributed by atoms with Crippen LogP contribution in [0.25, 0.3) is 0 Å². The Hall–Kier alpha value is -1.30. The first kappa shape index (κ1) is 13.7. The fourth-order valence-corrected chi connectivity index (χ4v) is 1.18. The van der Waals surface area contributed by atoms with Crippen molar-refractivity contribution in [2.45, 2.75) is 26.3 Å². The lowest BCUT2D eigenvalue weighted by atomic mass is 10.0. The highest BCUT2D eigenvalue weighted by Gasteiger charge is 2.20. The van der Waals surface area contributed by atoms with E-state index in [1.165, 1.54) is 0 Å². The van der Waals surface area contributed by atoms with Gasteiger partial charge in [-0.25, -0.2) is 4.79 Å². The number of aliphatic hydroxyl groups excluding tert-OH is 1. The first-order chi connectivity index (χ1) is 6.97. The van der Waals surface area contributed by atoms with Gasteiger partial charge in [-0.15, -0.1) is 0 Å². The summed E-state index contributed by atoms with van der Waals surface area (Å²) >= 11 is 0. The normalized spacial score (nSPS) is 12.3. The van der Waals surface area contributed by atoms with Crippen LogP contribution >= 0.6 is 0 Å². The van der Waals surface area contributed by atoms with Crippen LogP contribution in [0, 0.1) is 5.92 Å². The van der Waals surface area contributed by atoms with Crippen molar-refractivity contribution in [2.75, 3.05) is 13.2 Å². The molecule has 0 aliphatic heterocycles. The minimum atomic E-state index is -0.722. The van der Waals surface area contributed by atoms with Crippen LogP contribution in [-0.2, 0) is 4.79 Å². The molecule has 15 heavy (non-hydrogen) atoms. The monoisotopic (exact) mass is 217 g/mol. The van der Waals surface area contributed by atoms with Crippen molar-refractivity contribution in [3.05, 3.63) is 0 Å². The third-order valence-corrected chi connectivity index (χ3v) is 1.75. The minimum absolute atomic E-state index is 0.128. The van der Waals surface area contributed by atoms with Gasteiger partial charge in [0.25, 0.3) is 0 Å². The van der Waals surface area contributed by atoms with E-state index >= 15 is 0 Å². The zero-order chi connectivity index (χ0) is 11.8. The second-order valence-electron chi connectivity index (χ2n) is 3.71. The molecule has 0 radical (unpaired) electrons. The first-order valence-electron chi connectivity index (χ1n) is 4.92. The molecule has 6 nitrogen and oxygen atoms in total. The summed E-state index contributed by atoms with van der Waals surface area (Å²) in [4.78, 5) is 22.1. The third-order valence-electron chi connectivity index (χ3n) is 1.75. The summed E-state index contributed by atoms with van der Waals surface area (Å²) in [5, 5.41) is 13.4. The van der Waals surface area contributed by atoms with Crippen LogP contribution in [0.15, 0.2) is 0 Å². The van der Waals surface area contributed by atoms with Crippen molar-refractivity contribution in [3.63, 3.8) is 0 Å². The van der Waals surface area contributed by atoms with E-state index in [0.29, 0.717) is 6.42 Å². The maximum absolute atomic E-state index is 11.5. The fraction of sp³-hybridized carbons (Fsp3) is 0.778. The topological polar surface area (TPSA) is 104 Å². The molecule has 0 saturated carbocycles. The summed E-state index contributed by atoms with van der Waals surface area (Å²) in [7, 11) is 0. The molecule has 3 amide bonds. The molecular weight excluding hydrogens is 198 g/mol. The van der Waals surface area contributed by atoms with Gasteiger partial charge in [-0.2, -0.15) is 0 Å². The number of hydrogen-bond acceptors (Lipinski definition) is 3. The van der Waals surface area contributed by atoms with Crippen LogP contribution in [0.4, 0.5) is 4.79 Å². The van der Waals surface area contributed by atoms with E-state index in [1.54, 1.807) is 0 Å². The molecule has 5 N–H and O–H groups in total. The highest BCUT2D eigenvalue weighted by atomic mass is 16.3. The summed E-state index contributed by atoms with van der Waals surface area (Å²) < 4.78 is 0. The lowest BCUT2D eigenvalue weighted by molar-refractivity contribution is -0.123. The predicted octanol–water partition coefficient (Wildman–Crippen LogP) is -0.822. The van der Waals surface area contributed by atoms with Crippen LogP contribution in [0.3, 0.4) is 0 Å². The summed E-state index contributed by atoms with van der Waals surface area (Å²) in [5.41, 5.74) is 4.96. The number of carbonyl (C=O) groups excluding carboxylic acids is 2. The maximum Gasteiger partial charge on any atom is 0.312 e. The number of amides is 3. The molecule has 0 rings (SSSR count). The molecule has 6 heteroatoms. The number of carbonyl (C=O) groups is 2. The van der Waals surface area contributed by atoms with Crippen LogP contribution < -0.4 is 16.4 Å². The second kappa shape index (κ2) is 7.05. The summed E-state index contributed by atoms with van der Waals surface area (Å²) in [6.07, 6.45) is 0.514. The minimum Gasteiger partial charge on any atom is -0.395 e. The van der Waals surface area contributed by atoms with Crippen molar-refractivity contribution in [2.24, 2.45) is 11.7 Å². The largest absolute Gasteiger partial charge is 0.395 e. The molecule has 0 aliphatic rings. The molecule has 0 heterocycles. The van der Waals surface area contributed by atoms with Gasteiger partial charge in [0, 0.05) is 6.54 Å². The van der Waals surface area contributed by atoms with E-state index in [-0.39, 0.29) is 25.0 Å². The van der Waals surface area contributed by atoms with Crippen LogP contribution in [0.5, 0.6) is 0 Å². The van der Waals surface area contributed by atoms with Gasteiger partial charge in [0.15, 0.2) is 0 Å². The highest BCUT2D eigenvalue weighted by molar-refractivity contribution is 5.86. The van der Waals surface area contributed by atoms with Gasteiger partial charge in [0.2, 0.25) is 5.91 Å². The number of hydrogen-bond donors (Lipinski definition) is 4. The molecule has 0 bridgehead atoms. The van der Waals surface area contributed by atoms with Crippen molar-refractivity contribution in [1.82, 2.24) is 10.6 Å². The van der Waals surface area contributed by atoms with Gasteiger partial charge in [-0.3, -0.25) is 4.79 Å². The summed E-state index contributed by atoms with van der Waals surface area (Å²) in [6.45, 7) is 3.93. The average Bonchev–Trinajstić information content (AvgIpc) is 2.11. The predicted molar refractivity (Wildman–Crippen MR) is 56.1 cm³/mol. The zero-order valence-corrected chi connectivity index (χ0v) is 9.12. The Bertz CT molecular complexity index is 219. The number of urea groups is 1. The molecule has 0 fully saturated rings. The molecule has 88 valence electrons. The number of nitrogens with two attached hydrogens (primary N) is 1. The summed E-state index contributed by atoms with van der Waals surface area (Å²) in [6, 6.07) is -1.35. The van der Waals surface area contributed by atoms with Gasteiger partial charge in [0.1, 0.15) is 6.04 Å². The zero-order valence-electron chi connectivity index (χ0n) is 9.12. The van der Waals surface area contributed by atoms with Crippen LogP contribution in [-0.4, -0.2) is 36.2 Å². The average molecular weight is 217 g/mol. The quantitative estimate of drug-likeness (QED) is 0.467. The fourth-order valence-electron chi connectivity index (χ4n) is 1.18. The SMILES string of the molecule is CC(C)CC(NC(N)=O)C(=O)NCCO. The Morgan fingerprint density at radius 1 is 1.40 bits per heavy atom. The number of aliphatic hydroxyl groups is 1. The Labute approximate surface area is 89.2 Å². The lowest BCUT2D eigenvalue weighted by Crippen LogP contribution is -2.49. The third kappa shape index (κ3) is 6.73. The molecule has 0 aromatic rings. The molecule has 0 spiro atoms. The maximum atomic E-state index is 11.5. The van der Waals surface area contributed by atoms with Gasteiger partial charge in [0.05, 0.1) is 6.61 Å². The number of primary amides is 1. The van der Waals surface area contributed by atoms with Crippen molar-refractivity contribution in [3.8, 4) is 0 Å². The van der Waals surface area contributed by atoms with E-state index in [4.69, 9.17) is 10.8 Å². The number of nitrogens with one attached hydrogen (secondary N) is 2. The molecule has 0 saturated heterocycles. The Balaban J connectivity index is 4.20. The smallest absolute Gasteiger partial charge is 0.312 e. The Morgan fingerprint density at radius 2 is 2.00 bits per heavy atom. The lowest BCUT2D eigenvalue weighted by Gasteiger charge is -2.18. The van der Waals surface area contributed by atoms with Crippen molar-refractivity contribution >= 4 is 11.9 Å². The van der Waals surface area contributed by atoms with E-state index in [9.17, 15) is 9.59 Å². The van der Waals surface area contributed by atoms with Crippen molar-refractivity contribution in [1.29, 1.82) is 0 Å². The summed E-state index contributed by atoms with van der Waals surface area (Å²) in [5.74, 6) is -0.0572. The van der Waals surface area contributed by atoms with Gasteiger partial charge in [-0.1, -0.05) is 13.8 Å². The first-order valence-corrected chi connectivity index (χ1v) is 4.92. The van der Waals surface area contributed by atoms with Crippen molar-refractivity contribution < 1.29 is 14.7 Å². The molecule has 1 atom stereocenters. The second-order valence-corrected chi connectivity index (χ2v) is 3.71. The van der Waals surface area contributed by atoms with E-state index in [2.05, 4.69) is 10.6 Å². The van der Waals surface area contributed by atoms with Gasteiger partial charge in [-0.05, 0) is 12.3 Å². The highest BCUT2D eigenvalue weighted by Crippen LogP contribution is 2.04. The molecule has 0 aromatic heterocycles. The molecule has 1 unspecified atom stereocenters. The Morgan fingerprint density at radius 3 is 2.40 bits per heavy atom. The molecule has 0 aromatic carbocycles. The standard InChI is InChI=1S/C9H19N3O3/c1-6(2)5-7(12-9(10)15)8(14)11-3-4-13/h6-7,13H,3-5H2,1-2H3,(H,11,14)(H3,10,12,15). The van der Waals surface area contributed by atoms with E-state index in [1.807, 2.05) is 13.8 Å². The van der Waals surface area contributed by atoms with E-state index in [0.717, 1.165) is 0 Å². The van der Waals surface area contributed by atoms with Gasteiger partial charge < -0.3 is 21.5 Å². The van der Waals surface area contributed by atoms with Crippen LogP contribution in [0.1, 0.15) is 20.3 Å².